The van der Waals surface area contributed by atoms with Crippen molar-refractivity contribution in [3.05, 3.63) is 18.5 Å². The van der Waals surface area contributed by atoms with Crippen molar-refractivity contribution in [2.75, 3.05) is 25.5 Å². The minimum Gasteiger partial charge on any atom is -0.351 e. The molecule has 0 atom stereocenters. The molecule has 0 amide bonds. The molecular formula is C10H16N4. The van der Waals surface area contributed by atoms with Gasteiger partial charge in [-0.3, -0.25) is 0 Å². The average molecular weight is 192 g/mol. The zero-order valence-corrected chi connectivity index (χ0v) is 8.48. The van der Waals surface area contributed by atoms with E-state index in [1.807, 2.05) is 6.07 Å². The summed E-state index contributed by atoms with van der Waals surface area (Å²) in [5.41, 5.74) is 0. The molecule has 4 heteroatoms. The Morgan fingerprint density at radius 1 is 1.29 bits per heavy atom. The van der Waals surface area contributed by atoms with Crippen LogP contribution in [0.25, 0.3) is 0 Å². The van der Waals surface area contributed by atoms with E-state index in [1.165, 1.54) is 12.8 Å². The molecule has 0 radical (unpaired) electrons. The Labute approximate surface area is 84.4 Å². The lowest BCUT2D eigenvalue weighted by molar-refractivity contribution is 0.263. The van der Waals surface area contributed by atoms with Crippen molar-refractivity contribution in [2.24, 2.45) is 0 Å². The van der Waals surface area contributed by atoms with E-state index in [0.717, 1.165) is 19.0 Å². The van der Waals surface area contributed by atoms with Crippen LogP contribution in [0.2, 0.25) is 0 Å². The van der Waals surface area contributed by atoms with Gasteiger partial charge >= 0.3 is 0 Å². The van der Waals surface area contributed by atoms with Gasteiger partial charge < -0.3 is 10.2 Å². The van der Waals surface area contributed by atoms with E-state index < -0.39 is 0 Å². The molecule has 1 aromatic rings. The first-order chi connectivity index (χ1) is 6.84. The van der Waals surface area contributed by atoms with Crippen molar-refractivity contribution in [3.63, 3.8) is 0 Å². The van der Waals surface area contributed by atoms with E-state index in [-0.39, 0.29) is 0 Å². The highest BCUT2D eigenvalue weighted by Crippen LogP contribution is 2.11. The maximum Gasteiger partial charge on any atom is 0.222 e. The maximum absolute atomic E-state index is 4.16. The number of hydrogen-bond acceptors (Lipinski definition) is 4. The first-order valence-corrected chi connectivity index (χ1v) is 5.07. The predicted molar refractivity (Wildman–Crippen MR) is 56.2 cm³/mol. The van der Waals surface area contributed by atoms with Gasteiger partial charge in [-0.1, -0.05) is 0 Å². The summed E-state index contributed by atoms with van der Waals surface area (Å²) in [6.45, 7) is 2.31. The second-order valence-electron chi connectivity index (χ2n) is 3.79. The summed E-state index contributed by atoms with van der Waals surface area (Å²) in [4.78, 5) is 10.7. The van der Waals surface area contributed by atoms with E-state index in [0.29, 0.717) is 6.04 Å². The molecule has 1 aliphatic rings. The van der Waals surface area contributed by atoms with Crippen LogP contribution >= 0.6 is 0 Å². The third-order valence-electron chi connectivity index (χ3n) is 2.62. The first kappa shape index (κ1) is 9.40. The van der Waals surface area contributed by atoms with E-state index in [1.54, 1.807) is 12.4 Å². The van der Waals surface area contributed by atoms with Crippen molar-refractivity contribution in [1.29, 1.82) is 0 Å². The highest BCUT2D eigenvalue weighted by molar-refractivity contribution is 5.24. The van der Waals surface area contributed by atoms with Crippen molar-refractivity contribution >= 4 is 5.95 Å². The topological polar surface area (TPSA) is 41.0 Å². The minimum atomic E-state index is 0.536. The molecule has 1 N–H and O–H groups in total. The van der Waals surface area contributed by atoms with Gasteiger partial charge in [-0.05, 0) is 39.0 Å². The van der Waals surface area contributed by atoms with E-state index in [9.17, 15) is 0 Å². The molecule has 2 heterocycles. The van der Waals surface area contributed by atoms with Crippen molar-refractivity contribution < 1.29 is 0 Å². The van der Waals surface area contributed by atoms with Gasteiger partial charge in [-0.15, -0.1) is 0 Å². The fourth-order valence-corrected chi connectivity index (χ4v) is 1.71. The summed E-state index contributed by atoms with van der Waals surface area (Å²) < 4.78 is 0. The lowest BCUT2D eigenvalue weighted by Crippen LogP contribution is -2.37. The van der Waals surface area contributed by atoms with Gasteiger partial charge in [0, 0.05) is 18.4 Å². The van der Waals surface area contributed by atoms with Crippen LogP contribution in [0.1, 0.15) is 12.8 Å². The molecule has 0 spiro atoms. The number of piperidine rings is 1. The molecular weight excluding hydrogens is 176 g/mol. The van der Waals surface area contributed by atoms with E-state index >= 15 is 0 Å². The van der Waals surface area contributed by atoms with Crippen molar-refractivity contribution in [2.45, 2.75) is 18.9 Å². The third kappa shape index (κ3) is 2.42. The Morgan fingerprint density at radius 2 is 1.93 bits per heavy atom. The number of anilines is 1. The number of hydrogen-bond donors (Lipinski definition) is 1. The molecule has 4 nitrogen and oxygen atoms in total. The number of nitrogens with one attached hydrogen (secondary N) is 1. The van der Waals surface area contributed by atoms with Crippen LogP contribution in [-0.2, 0) is 0 Å². The summed E-state index contributed by atoms with van der Waals surface area (Å²) in [6, 6.07) is 2.37. The summed E-state index contributed by atoms with van der Waals surface area (Å²) >= 11 is 0. The van der Waals surface area contributed by atoms with Crippen LogP contribution < -0.4 is 5.32 Å². The number of nitrogens with zero attached hydrogens (tertiary/aromatic N) is 3. The molecule has 1 fully saturated rings. The monoisotopic (exact) mass is 192 g/mol. The molecule has 0 bridgehead atoms. The summed E-state index contributed by atoms with van der Waals surface area (Å²) in [5, 5.41) is 3.35. The Kier molecular flexibility index (Phi) is 2.93. The highest BCUT2D eigenvalue weighted by atomic mass is 15.1. The standard InChI is InChI=1S/C10H16N4/c1-14-7-3-9(4-8-14)13-10-11-5-2-6-12-10/h2,5-6,9H,3-4,7-8H2,1H3,(H,11,12,13). The third-order valence-corrected chi connectivity index (χ3v) is 2.62. The Morgan fingerprint density at radius 3 is 2.57 bits per heavy atom. The van der Waals surface area contributed by atoms with Crippen LogP contribution in [0.4, 0.5) is 5.95 Å². The fraction of sp³-hybridized carbons (Fsp3) is 0.600. The fourth-order valence-electron chi connectivity index (χ4n) is 1.71. The van der Waals surface area contributed by atoms with Gasteiger partial charge in [0.15, 0.2) is 0 Å². The van der Waals surface area contributed by atoms with E-state index in [4.69, 9.17) is 0 Å². The molecule has 0 aliphatic carbocycles. The Bertz CT molecular complexity index is 267. The predicted octanol–water partition coefficient (Wildman–Crippen LogP) is 0.983. The zero-order valence-electron chi connectivity index (χ0n) is 8.48. The number of aromatic nitrogens is 2. The molecule has 0 saturated carbocycles. The van der Waals surface area contributed by atoms with Crippen molar-refractivity contribution in [3.8, 4) is 0 Å². The largest absolute Gasteiger partial charge is 0.351 e. The Balaban J connectivity index is 1.87. The van der Waals surface area contributed by atoms with Gasteiger partial charge in [0.1, 0.15) is 0 Å². The Hall–Kier alpha value is -1.16. The summed E-state index contributed by atoms with van der Waals surface area (Å²) in [5.74, 6) is 0.752. The lowest BCUT2D eigenvalue weighted by Gasteiger charge is -2.29. The molecule has 2 rings (SSSR count). The molecule has 1 saturated heterocycles. The normalized spacial score (nSPS) is 19.5. The van der Waals surface area contributed by atoms with Gasteiger partial charge in [-0.2, -0.15) is 0 Å². The highest BCUT2D eigenvalue weighted by Gasteiger charge is 2.16. The van der Waals surface area contributed by atoms with Crippen LogP contribution in [0.3, 0.4) is 0 Å². The number of rotatable bonds is 2. The minimum absolute atomic E-state index is 0.536. The smallest absolute Gasteiger partial charge is 0.222 e. The maximum atomic E-state index is 4.16. The molecule has 0 unspecified atom stereocenters. The number of likely N-dealkylation sites (tertiary alicyclic amines) is 1. The second kappa shape index (κ2) is 4.37. The first-order valence-electron chi connectivity index (χ1n) is 5.07. The van der Waals surface area contributed by atoms with Gasteiger partial charge in [-0.25, -0.2) is 9.97 Å². The molecule has 1 aromatic heterocycles. The quantitative estimate of drug-likeness (QED) is 0.758. The zero-order chi connectivity index (χ0) is 9.80. The summed E-state index contributed by atoms with van der Waals surface area (Å²) in [6.07, 6.45) is 5.89. The van der Waals surface area contributed by atoms with Gasteiger partial charge in [0.25, 0.3) is 0 Å². The second-order valence-corrected chi connectivity index (χ2v) is 3.79. The van der Waals surface area contributed by atoms with Crippen molar-refractivity contribution in [1.82, 2.24) is 14.9 Å². The van der Waals surface area contributed by atoms with Gasteiger partial charge in [0.05, 0.1) is 0 Å². The van der Waals surface area contributed by atoms with E-state index in [2.05, 4.69) is 27.2 Å². The van der Waals surface area contributed by atoms with Gasteiger partial charge in [0.2, 0.25) is 5.95 Å². The summed E-state index contributed by atoms with van der Waals surface area (Å²) in [7, 11) is 2.16. The van der Waals surface area contributed by atoms with Crippen LogP contribution in [0.5, 0.6) is 0 Å². The SMILES string of the molecule is CN1CCC(Nc2ncccn2)CC1. The van der Waals surface area contributed by atoms with Crippen LogP contribution in [-0.4, -0.2) is 41.0 Å². The molecule has 1 aliphatic heterocycles. The molecule has 0 aromatic carbocycles. The van der Waals surface area contributed by atoms with Crippen LogP contribution in [0.15, 0.2) is 18.5 Å². The average Bonchev–Trinajstić information content (AvgIpc) is 2.23. The molecule has 14 heavy (non-hydrogen) atoms. The lowest BCUT2D eigenvalue weighted by atomic mass is 10.1. The molecule has 76 valence electrons. The van der Waals surface area contributed by atoms with Crippen LogP contribution in [0, 0.1) is 0 Å².